The highest BCUT2D eigenvalue weighted by Crippen LogP contribution is 1.98. The molecule has 2 N–H and O–H groups in total. The molecular formula is C7H16NO3+. The van der Waals surface area contributed by atoms with E-state index in [4.69, 9.17) is 10.7 Å². The normalized spacial score (nSPS) is 23.9. The van der Waals surface area contributed by atoms with Crippen molar-refractivity contribution in [1.29, 1.82) is 1.43 Å². The van der Waals surface area contributed by atoms with Gasteiger partial charge in [0.2, 0.25) is 1.43 Å². The molecular weight excluding hydrogens is 146 g/mol. The molecule has 0 amide bonds. The maximum atomic E-state index is 10.5. The summed E-state index contributed by atoms with van der Waals surface area (Å²) in [6, 6.07) is 0. The molecule has 0 fully saturated rings. The number of carboxylic acids is 1. The lowest BCUT2D eigenvalue weighted by molar-refractivity contribution is -0.873. The third-order valence-corrected chi connectivity index (χ3v) is 0.772. The zero-order valence-electron chi connectivity index (χ0n) is 10.9. The van der Waals surface area contributed by atoms with E-state index in [2.05, 4.69) is 5.11 Å². The van der Waals surface area contributed by atoms with Crippen LogP contribution < -0.4 is 0 Å². The molecule has 0 saturated carbocycles. The maximum Gasteiger partial charge on any atom is 0.306 e. The summed E-state index contributed by atoms with van der Waals surface area (Å²) in [6.07, 6.45) is -3.32. The average Bonchev–Trinajstić information content (AvgIpc) is 2.00. The summed E-state index contributed by atoms with van der Waals surface area (Å²) in [4.78, 5) is 10.5. The molecule has 4 heteroatoms. The number of hydrogen-bond donors (Lipinski definition) is 2. The number of hydrogen-bond acceptors (Lipinski definition) is 2. The molecule has 0 heterocycles. The molecule has 0 spiro atoms. The Labute approximate surface area is 72.4 Å². The minimum absolute atomic E-state index is 0.331. The van der Waals surface area contributed by atoms with Crippen LogP contribution in [-0.4, -0.2) is 55.8 Å². The summed E-state index contributed by atoms with van der Waals surface area (Å²) in [7, 11) is 4.39. The molecule has 0 aromatic rings. The summed E-state index contributed by atoms with van der Waals surface area (Å²) >= 11 is 0. The molecule has 0 radical (unpaired) electrons. The van der Waals surface area contributed by atoms with Crippen molar-refractivity contribution in [3.8, 4) is 0 Å². The lowest BCUT2D eigenvalue weighted by atomic mass is 10.2. The predicted molar refractivity (Wildman–Crippen MR) is 41.2 cm³/mol. The van der Waals surface area contributed by atoms with Crippen molar-refractivity contribution in [2.75, 3.05) is 27.6 Å². The Bertz CT molecular complexity index is 253. The first kappa shape index (κ1) is 5.11. The van der Waals surface area contributed by atoms with Crippen LogP contribution >= 0.6 is 0 Å². The largest absolute Gasteiger partial charge is 0.481 e. The van der Waals surface area contributed by atoms with E-state index in [-0.39, 0.29) is 4.48 Å². The molecule has 4 nitrogen and oxygen atoms in total. The van der Waals surface area contributed by atoms with Crippen molar-refractivity contribution in [1.82, 2.24) is 0 Å². The van der Waals surface area contributed by atoms with Crippen molar-refractivity contribution in [2.45, 2.75) is 12.5 Å². The van der Waals surface area contributed by atoms with E-state index in [9.17, 15) is 4.79 Å². The van der Waals surface area contributed by atoms with Crippen LogP contribution in [0.15, 0.2) is 0 Å². The fourth-order valence-electron chi connectivity index (χ4n) is 0.551. The summed E-state index contributed by atoms with van der Waals surface area (Å²) in [6.45, 7) is -2.31. The van der Waals surface area contributed by atoms with Crippen LogP contribution in [0, 0.1) is 0 Å². The van der Waals surface area contributed by atoms with E-state index in [0.29, 0.717) is 0 Å². The average molecular weight is 166 g/mol. The Morgan fingerprint density at radius 1 is 1.82 bits per heavy atom. The molecule has 66 valence electrons. The van der Waals surface area contributed by atoms with Gasteiger partial charge in [-0.25, -0.2) is 0 Å². The zero-order valence-corrected chi connectivity index (χ0v) is 6.92. The van der Waals surface area contributed by atoms with Gasteiger partial charge in [-0.2, -0.15) is 0 Å². The molecule has 0 unspecified atom stereocenters. The Balaban J connectivity index is 5.18. The highest BCUT2D eigenvalue weighted by molar-refractivity contribution is 5.67. The second-order valence-corrected chi connectivity index (χ2v) is 3.12. The first-order valence-corrected chi connectivity index (χ1v) is 3.15. The third-order valence-electron chi connectivity index (χ3n) is 0.772. The number of aliphatic hydroxyl groups is 1. The number of carboxylic acid groups (broad SMARTS) is 1. The molecule has 0 aliphatic carbocycles. The van der Waals surface area contributed by atoms with Gasteiger partial charge in [-0.3, -0.25) is 4.79 Å². The lowest BCUT2D eigenvalue weighted by Gasteiger charge is -2.25. The molecule has 11 heavy (non-hydrogen) atoms. The van der Waals surface area contributed by atoms with Gasteiger partial charge in [0.15, 0.2) is 0 Å². The standard InChI is InChI=1S/C7H15NO3/c1-8(2,3)5-6(9)4-7(10)11/h6,9H,4-5H2,1-3H3/p+1/t6-/m0/s1/i5D2,6D,9D. The van der Waals surface area contributed by atoms with Gasteiger partial charge < -0.3 is 14.7 Å². The summed E-state index contributed by atoms with van der Waals surface area (Å²) in [5, 5.41) is 12.5. The first-order valence-electron chi connectivity index (χ1n) is 5.06. The topological polar surface area (TPSA) is 57.5 Å². The fourth-order valence-corrected chi connectivity index (χ4v) is 0.551. The van der Waals surface area contributed by atoms with Crippen LogP contribution in [0.2, 0.25) is 0 Å². The van der Waals surface area contributed by atoms with Crippen molar-refractivity contribution >= 4 is 5.97 Å². The Hall–Kier alpha value is -0.610. The third kappa shape index (κ3) is 7.29. The number of carbonyl (C=O) groups is 1. The summed E-state index contributed by atoms with van der Waals surface area (Å²) in [5.41, 5.74) is 0. The molecule has 0 rings (SSSR count). The second-order valence-electron chi connectivity index (χ2n) is 3.12. The van der Waals surface area contributed by atoms with Gasteiger partial charge in [-0.05, 0) is 0 Å². The highest BCUT2D eigenvalue weighted by Gasteiger charge is 2.17. The highest BCUT2D eigenvalue weighted by atomic mass is 16.4. The quantitative estimate of drug-likeness (QED) is 0.543. The minimum atomic E-state index is -2.43. The van der Waals surface area contributed by atoms with Crippen LogP contribution in [0.5, 0.6) is 0 Å². The molecule has 0 aliphatic rings. The maximum absolute atomic E-state index is 10.5. The Morgan fingerprint density at radius 3 is 2.64 bits per heavy atom. The predicted octanol–water partition coefficient (Wildman–Crippen LogP) is -0.472. The van der Waals surface area contributed by atoms with Gasteiger partial charge in [0.1, 0.15) is 12.6 Å². The zero-order chi connectivity index (χ0) is 12.5. The van der Waals surface area contributed by atoms with Gasteiger partial charge in [0.25, 0.3) is 0 Å². The number of aliphatic carboxylic acids is 1. The smallest absolute Gasteiger partial charge is 0.306 e. The van der Waals surface area contributed by atoms with E-state index in [1.165, 1.54) is 21.1 Å². The lowest BCUT2D eigenvalue weighted by Crippen LogP contribution is -2.42. The van der Waals surface area contributed by atoms with Gasteiger partial charge in [0.05, 0.1) is 31.7 Å². The molecule has 0 aliphatic heterocycles. The van der Waals surface area contributed by atoms with E-state index in [1.54, 1.807) is 0 Å². The summed E-state index contributed by atoms with van der Waals surface area (Å²) < 4.78 is 29.3. The molecule has 1 atom stereocenters. The second kappa shape index (κ2) is 3.69. The van der Waals surface area contributed by atoms with Crippen molar-refractivity contribution < 1.29 is 23.6 Å². The molecule has 0 aromatic heterocycles. The number of likely N-dealkylation sites (N-methyl/N-ethyl adjacent to an activating group) is 1. The molecule has 0 aromatic carbocycles. The van der Waals surface area contributed by atoms with Gasteiger partial charge in [0, 0.05) is 0 Å². The van der Waals surface area contributed by atoms with Crippen LogP contribution in [0.4, 0.5) is 0 Å². The SMILES string of the molecule is [2H]O[C@@]([2H])(CC(=O)O)C([2H])([2H])[N+](C)(C)C. The monoisotopic (exact) mass is 166 g/mol. The first-order chi connectivity index (χ1) is 6.48. The van der Waals surface area contributed by atoms with Gasteiger partial charge >= 0.3 is 5.97 Å². The number of nitrogens with zero attached hydrogens (tertiary/aromatic N) is 1. The minimum Gasteiger partial charge on any atom is -0.481 e. The van der Waals surface area contributed by atoms with Crippen molar-refractivity contribution in [2.24, 2.45) is 0 Å². The van der Waals surface area contributed by atoms with Crippen molar-refractivity contribution in [3.63, 3.8) is 0 Å². The fraction of sp³-hybridized carbons (Fsp3) is 0.857. The van der Waals surface area contributed by atoms with E-state index in [0.717, 1.165) is 0 Å². The van der Waals surface area contributed by atoms with Crippen molar-refractivity contribution in [3.05, 3.63) is 0 Å². The Morgan fingerprint density at radius 2 is 2.36 bits per heavy atom. The number of rotatable bonds is 5. The van der Waals surface area contributed by atoms with Crippen LogP contribution in [0.1, 0.15) is 10.5 Å². The van der Waals surface area contributed by atoms with E-state index >= 15 is 0 Å². The molecule has 0 saturated heterocycles. The van der Waals surface area contributed by atoms with Gasteiger partial charge in [-0.1, -0.05) is 0 Å². The Kier molecular flexibility index (Phi) is 1.71. The van der Waals surface area contributed by atoms with E-state index in [1.807, 2.05) is 0 Å². The van der Waals surface area contributed by atoms with Crippen LogP contribution in [0.3, 0.4) is 0 Å². The summed E-state index contributed by atoms with van der Waals surface area (Å²) in [5.74, 6) is -1.38. The van der Waals surface area contributed by atoms with Crippen LogP contribution in [0.25, 0.3) is 0 Å². The van der Waals surface area contributed by atoms with Gasteiger partial charge in [-0.15, -0.1) is 0 Å². The van der Waals surface area contributed by atoms with E-state index < -0.39 is 25.0 Å². The number of quaternary nitrogens is 1. The van der Waals surface area contributed by atoms with Crippen LogP contribution in [-0.2, 0) is 4.79 Å². The molecule has 0 bridgehead atoms.